The molecule has 1 nitrogen and oxygen atoms in total. The smallest absolute Gasteiger partial charge is 0.152 e. The molecule has 0 spiro atoms. The Morgan fingerprint density at radius 3 is 3.00 bits per heavy atom. The summed E-state index contributed by atoms with van der Waals surface area (Å²) < 4.78 is 0. The van der Waals surface area contributed by atoms with Crippen LogP contribution in [-0.2, 0) is 4.79 Å². The van der Waals surface area contributed by atoms with Crippen LogP contribution in [0.5, 0.6) is 0 Å². The third-order valence-corrected chi connectivity index (χ3v) is 2.11. The largest absolute Gasteiger partial charge is 0.295 e. The molecular formula is C11H16O. The second-order valence-corrected chi connectivity index (χ2v) is 3.32. The minimum absolute atomic E-state index is 0.139. The highest BCUT2D eigenvalue weighted by Gasteiger charge is 1.98. The molecule has 0 aromatic carbocycles. The average Bonchev–Trinajstić information content (AvgIpc) is 2.28. The molecule has 1 heteroatoms. The number of rotatable bonds is 2. The Balaban J connectivity index is 2.48. The Kier molecular flexibility index (Phi) is 3.78. The van der Waals surface area contributed by atoms with E-state index in [1.165, 1.54) is 31.3 Å². The van der Waals surface area contributed by atoms with Crippen molar-refractivity contribution in [3.63, 3.8) is 0 Å². The number of ketones is 1. The van der Waals surface area contributed by atoms with Gasteiger partial charge in [0.15, 0.2) is 5.78 Å². The van der Waals surface area contributed by atoms with Gasteiger partial charge in [-0.15, -0.1) is 0 Å². The Bertz CT molecular complexity index is 211. The summed E-state index contributed by atoms with van der Waals surface area (Å²) in [6, 6.07) is 0. The molecule has 66 valence electrons. The number of allylic oxidation sites excluding steroid dienone is 4. The van der Waals surface area contributed by atoms with Crippen LogP contribution in [0.4, 0.5) is 0 Å². The molecule has 0 heterocycles. The Morgan fingerprint density at radius 1 is 1.42 bits per heavy atom. The zero-order valence-electron chi connectivity index (χ0n) is 7.68. The zero-order chi connectivity index (χ0) is 8.81. The van der Waals surface area contributed by atoms with Gasteiger partial charge in [-0.1, -0.05) is 24.1 Å². The van der Waals surface area contributed by atoms with E-state index in [0.717, 1.165) is 6.42 Å². The van der Waals surface area contributed by atoms with Gasteiger partial charge in [-0.25, -0.2) is 0 Å². The van der Waals surface area contributed by atoms with E-state index in [4.69, 9.17) is 0 Å². The lowest BCUT2D eigenvalue weighted by atomic mass is 10.1. The molecule has 0 radical (unpaired) electrons. The monoisotopic (exact) mass is 164 g/mol. The van der Waals surface area contributed by atoms with Gasteiger partial charge in [0.25, 0.3) is 0 Å². The topological polar surface area (TPSA) is 17.1 Å². The van der Waals surface area contributed by atoms with Crippen LogP contribution in [0, 0.1) is 0 Å². The van der Waals surface area contributed by atoms with Crippen molar-refractivity contribution in [2.24, 2.45) is 0 Å². The maximum absolute atomic E-state index is 10.7. The minimum Gasteiger partial charge on any atom is -0.295 e. The van der Waals surface area contributed by atoms with Crippen molar-refractivity contribution in [1.82, 2.24) is 0 Å². The molecular weight excluding hydrogens is 148 g/mol. The summed E-state index contributed by atoms with van der Waals surface area (Å²) in [5.41, 5.74) is 1.34. The fourth-order valence-electron chi connectivity index (χ4n) is 1.42. The number of hydrogen-bond donors (Lipinski definition) is 0. The van der Waals surface area contributed by atoms with Crippen LogP contribution in [0.1, 0.15) is 39.0 Å². The van der Waals surface area contributed by atoms with E-state index in [1.807, 2.05) is 6.08 Å². The van der Waals surface area contributed by atoms with Crippen molar-refractivity contribution in [2.75, 3.05) is 0 Å². The molecule has 1 rings (SSSR count). The van der Waals surface area contributed by atoms with E-state index >= 15 is 0 Å². The molecule has 12 heavy (non-hydrogen) atoms. The summed E-state index contributed by atoms with van der Waals surface area (Å²) in [7, 11) is 0. The molecule has 0 saturated heterocycles. The van der Waals surface area contributed by atoms with E-state index in [1.54, 1.807) is 13.0 Å². The van der Waals surface area contributed by atoms with Gasteiger partial charge in [0, 0.05) is 0 Å². The molecule has 0 unspecified atom stereocenters. The fourth-order valence-corrected chi connectivity index (χ4v) is 1.42. The fraction of sp³-hybridized carbons (Fsp3) is 0.545. The minimum atomic E-state index is 0.139. The first-order valence-electron chi connectivity index (χ1n) is 4.67. The maximum atomic E-state index is 10.7. The van der Waals surface area contributed by atoms with Gasteiger partial charge in [-0.05, 0) is 38.7 Å². The third-order valence-electron chi connectivity index (χ3n) is 2.11. The SMILES string of the molecule is CC(=O)/C=C/C1=CCCCCC1. The second kappa shape index (κ2) is 4.91. The summed E-state index contributed by atoms with van der Waals surface area (Å²) in [5.74, 6) is 0.139. The Labute approximate surface area is 74.2 Å². The van der Waals surface area contributed by atoms with E-state index in [2.05, 4.69) is 6.08 Å². The van der Waals surface area contributed by atoms with Crippen molar-refractivity contribution < 1.29 is 4.79 Å². The van der Waals surface area contributed by atoms with Crippen molar-refractivity contribution in [3.8, 4) is 0 Å². The quantitative estimate of drug-likeness (QED) is 0.573. The van der Waals surface area contributed by atoms with Crippen molar-refractivity contribution in [1.29, 1.82) is 0 Å². The zero-order valence-corrected chi connectivity index (χ0v) is 7.68. The lowest BCUT2D eigenvalue weighted by Gasteiger charge is -1.95. The van der Waals surface area contributed by atoms with Gasteiger partial charge in [0.05, 0.1) is 0 Å². The molecule has 1 aliphatic rings. The average molecular weight is 164 g/mol. The first-order chi connectivity index (χ1) is 5.79. The number of carbonyl (C=O) groups excluding carboxylic acids is 1. The summed E-state index contributed by atoms with van der Waals surface area (Å²) in [6.45, 7) is 1.59. The van der Waals surface area contributed by atoms with Gasteiger partial charge in [0.1, 0.15) is 0 Å². The van der Waals surface area contributed by atoms with E-state index in [9.17, 15) is 4.79 Å². The Hall–Kier alpha value is -0.850. The lowest BCUT2D eigenvalue weighted by molar-refractivity contribution is -0.112. The maximum Gasteiger partial charge on any atom is 0.152 e. The molecule has 0 fully saturated rings. The molecule has 0 saturated carbocycles. The summed E-state index contributed by atoms with van der Waals surface area (Å²) in [6.07, 6.45) is 12.1. The number of carbonyl (C=O) groups is 1. The van der Waals surface area contributed by atoms with Gasteiger partial charge < -0.3 is 0 Å². The molecule has 1 aliphatic carbocycles. The van der Waals surface area contributed by atoms with E-state index in [0.29, 0.717) is 0 Å². The van der Waals surface area contributed by atoms with Crippen LogP contribution in [0.3, 0.4) is 0 Å². The standard InChI is InChI=1S/C11H16O/c1-10(12)8-9-11-6-4-2-3-5-7-11/h6,8-9H,2-5,7H2,1H3/b9-8+. The molecule has 0 aliphatic heterocycles. The summed E-state index contributed by atoms with van der Waals surface area (Å²) >= 11 is 0. The van der Waals surface area contributed by atoms with Crippen LogP contribution < -0.4 is 0 Å². The van der Waals surface area contributed by atoms with Crippen LogP contribution in [0.25, 0.3) is 0 Å². The van der Waals surface area contributed by atoms with Gasteiger partial charge in [-0.2, -0.15) is 0 Å². The van der Waals surface area contributed by atoms with Crippen LogP contribution in [-0.4, -0.2) is 5.78 Å². The van der Waals surface area contributed by atoms with Gasteiger partial charge >= 0.3 is 0 Å². The molecule has 0 aromatic rings. The Morgan fingerprint density at radius 2 is 2.25 bits per heavy atom. The van der Waals surface area contributed by atoms with Gasteiger partial charge in [0.2, 0.25) is 0 Å². The molecule has 0 amide bonds. The number of hydrogen-bond acceptors (Lipinski definition) is 1. The van der Waals surface area contributed by atoms with Crippen LogP contribution >= 0.6 is 0 Å². The molecule has 0 atom stereocenters. The van der Waals surface area contributed by atoms with Crippen molar-refractivity contribution >= 4 is 5.78 Å². The molecule has 0 bridgehead atoms. The van der Waals surface area contributed by atoms with Crippen molar-refractivity contribution in [2.45, 2.75) is 39.0 Å². The highest BCUT2D eigenvalue weighted by Crippen LogP contribution is 2.17. The normalized spacial score (nSPS) is 18.9. The lowest BCUT2D eigenvalue weighted by Crippen LogP contribution is -1.82. The van der Waals surface area contributed by atoms with Crippen molar-refractivity contribution in [3.05, 3.63) is 23.8 Å². The van der Waals surface area contributed by atoms with Crippen LogP contribution in [0.15, 0.2) is 23.8 Å². The first-order valence-corrected chi connectivity index (χ1v) is 4.67. The second-order valence-electron chi connectivity index (χ2n) is 3.32. The predicted octanol–water partition coefficient (Wildman–Crippen LogP) is 3.02. The molecule has 0 aromatic heterocycles. The highest BCUT2D eigenvalue weighted by molar-refractivity contribution is 5.87. The van der Waals surface area contributed by atoms with E-state index in [-0.39, 0.29) is 5.78 Å². The highest BCUT2D eigenvalue weighted by atomic mass is 16.1. The summed E-state index contributed by atoms with van der Waals surface area (Å²) in [4.78, 5) is 10.7. The van der Waals surface area contributed by atoms with Crippen LogP contribution in [0.2, 0.25) is 0 Å². The van der Waals surface area contributed by atoms with Gasteiger partial charge in [-0.3, -0.25) is 4.79 Å². The summed E-state index contributed by atoms with van der Waals surface area (Å²) in [5, 5.41) is 0. The van der Waals surface area contributed by atoms with E-state index < -0.39 is 0 Å². The third kappa shape index (κ3) is 3.51. The predicted molar refractivity (Wildman–Crippen MR) is 51.0 cm³/mol. The first kappa shape index (κ1) is 9.24. The molecule has 0 N–H and O–H groups in total.